The summed E-state index contributed by atoms with van der Waals surface area (Å²) in [6.45, 7) is 5.33. The molecule has 118 valence electrons. The van der Waals surface area contributed by atoms with E-state index in [1.807, 2.05) is 18.2 Å². The molecule has 1 aromatic rings. The van der Waals surface area contributed by atoms with Crippen molar-refractivity contribution in [2.75, 3.05) is 13.7 Å². The minimum absolute atomic E-state index is 0.273. The number of benzene rings is 1. The summed E-state index contributed by atoms with van der Waals surface area (Å²) < 4.78 is 11.5. The van der Waals surface area contributed by atoms with Gasteiger partial charge in [-0.2, -0.15) is 0 Å². The first-order valence-electron chi connectivity index (χ1n) is 7.85. The Morgan fingerprint density at radius 1 is 1.43 bits per heavy atom. The number of nitrogens with one attached hydrogen (secondary N) is 1. The second-order valence-electron chi connectivity index (χ2n) is 5.78. The molecule has 2 rings (SSSR count). The van der Waals surface area contributed by atoms with Gasteiger partial charge in [0.1, 0.15) is 5.75 Å². The average Bonchev–Trinajstić information content (AvgIpc) is 2.90. The summed E-state index contributed by atoms with van der Waals surface area (Å²) in [7, 11) is 1.70. The molecule has 1 aliphatic rings. The summed E-state index contributed by atoms with van der Waals surface area (Å²) in [6, 6.07) is 6.11. The quantitative estimate of drug-likeness (QED) is 0.830. The summed E-state index contributed by atoms with van der Waals surface area (Å²) in [5, 5.41) is 4.38. The highest BCUT2D eigenvalue weighted by atomic mass is 35.5. The molecule has 1 saturated heterocycles. The van der Waals surface area contributed by atoms with Crippen LogP contribution in [0, 0.1) is 0 Å². The summed E-state index contributed by atoms with van der Waals surface area (Å²) in [4.78, 5) is 0. The Morgan fingerprint density at radius 3 is 2.86 bits per heavy atom. The number of hydrogen-bond acceptors (Lipinski definition) is 3. The second-order valence-corrected chi connectivity index (χ2v) is 6.22. The number of halogens is 1. The lowest BCUT2D eigenvalue weighted by atomic mass is 9.98. The van der Waals surface area contributed by atoms with Gasteiger partial charge in [-0.25, -0.2) is 0 Å². The predicted octanol–water partition coefficient (Wildman–Crippen LogP) is 3.83. The topological polar surface area (TPSA) is 30.5 Å². The van der Waals surface area contributed by atoms with Crippen LogP contribution in [0.4, 0.5) is 0 Å². The molecule has 0 aromatic heterocycles. The molecule has 0 radical (unpaired) electrons. The van der Waals surface area contributed by atoms with Gasteiger partial charge in [-0.15, -0.1) is 0 Å². The molecule has 4 heteroatoms. The summed E-state index contributed by atoms with van der Waals surface area (Å²) >= 11 is 6.14. The van der Waals surface area contributed by atoms with E-state index < -0.39 is 0 Å². The predicted molar refractivity (Wildman–Crippen MR) is 87.4 cm³/mol. The molecule has 0 spiro atoms. The molecule has 0 amide bonds. The van der Waals surface area contributed by atoms with Crippen LogP contribution in [0.25, 0.3) is 0 Å². The van der Waals surface area contributed by atoms with Gasteiger partial charge in [0.2, 0.25) is 0 Å². The van der Waals surface area contributed by atoms with E-state index in [0.717, 1.165) is 48.6 Å². The van der Waals surface area contributed by atoms with Crippen molar-refractivity contribution in [3.63, 3.8) is 0 Å². The third-order valence-electron chi connectivity index (χ3n) is 4.05. The standard InChI is InChI=1S/C17H26ClNO2/c1-4-9-19-15(17-7-5-12(2)21-17)11-13-10-14(18)6-8-16(13)20-3/h6,8,10,12,15,17,19H,4-5,7,9,11H2,1-3H3. The van der Waals surface area contributed by atoms with Gasteiger partial charge in [0.15, 0.2) is 0 Å². The van der Waals surface area contributed by atoms with Gasteiger partial charge < -0.3 is 14.8 Å². The monoisotopic (exact) mass is 311 g/mol. The Labute approximate surface area is 133 Å². The lowest BCUT2D eigenvalue weighted by molar-refractivity contribution is 0.0320. The van der Waals surface area contributed by atoms with Crippen LogP contribution in [0.5, 0.6) is 5.75 Å². The highest BCUT2D eigenvalue weighted by Gasteiger charge is 2.29. The fourth-order valence-corrected chi connectivity index (χ4v) is 3.13. The zero-order chi connectivity index (χ0) is 15.2. The maximum atomic E-state index is 6.14. The van der Waals surface area contributed by atoms with Crippen LogP contribution in [0.3, 0.4) is 0 Å². The molecular weight excluding hydrogens is 286 g/mol. The Kier molecular flexibility index (Phi) is 6.34. The number of methoxy groups -OCH3 is 1. The van der Waals surface area contributed by atoms with Gasteiger partial charge in [-0.05, 0) is 62.9 Å². The highest BCUT2D eigenvalue weighted by Crippen LogP contribution is 2.28. The molecule has 3 unspecified atom stereocenters. The summed E-state index contributed by atoms with van der Waals surface area (Å²) in [5.74, 6) is 0.897. The molecule has 3 nitrogen and oxygen atoms in total. The van der Waals surface area contributed by atoms with E-state index >= 15 is 0 Å². The van der Waals surface area contributed by atoms with Crippen molar-refractivity contribution < 1.29 is 9.47 Å². The van der Waals surface area contributed by atoms with Crippen molar-refractivity contribution >= 4 is 11.6 Å². The van der Waals surface area contributed by atoms with Crippen LogP contribution in [0.1, 0.15) is 38.7 Å². The maximum Gasteiger partial charge on any atom is 0.122 e. The number of hydrogen-bond donors (Lipinski definition) is 1. The molecule has 3 atom stereocenters. The molecule has 1 aliphatic heterocycles. The van der Waals surface area contributed by atoms with Gasteiger partial charge in [-0.1, -0.05) is 18.5 Å². The molecule has 1 heterocycles. The fourth-order valence-electron chi connectivity index (χ4n) is 2.94. The normalized spacial score (nSPS) is 23.2. The number of rotatable bonds is 7. The minimum atomic E-state index is 0.273. The maximum absolute atomic E-state index is 6.14. The van der Waals surface area contributed by atoms with Gasteiger partial charge in [0.25, 0.3) is 0 Å². The first-order valence-corrected chi connectivity index (χ1v) is 8.23. The molecule has 1 fully saturated rings. The fraction of sp³-hybridized carbons (Fsp3) is 0.647. The van der Waals surface area contributed by atoms with E-state index in [1.54, 1.807) is 7.11 Å². The highest BCUT2D eigenvalue weighted by molar-refractivity contribution is 6.30. The Hall–Kier alpha value is -0.770. The largest absolute Gasteiger partial charge is 0.496 e. The van der Waals surface area contributed by atoms with E-state index in [0.29, 0.717) is 12.1 Å². The van der Waals surface area contributed by atoms with E-state index in [2.05, 4.69) is 19.2 Å². The Bertz CT molecular complexity index is 452. The van der Waals surface area contributed by atoms with E-state index in [4.69, 9.17) is 21.1 Å². The van der Waals surface area contributed by atoms with Gasteiger partial charge in [0, 0.05) is 11.1 Å². The summed E-state index contributed by atoms with van der Waals surface area (Å²) in [5.41, 5.74) is 1.14. The molecule has 0 saturated carbocycles. The van der Waals surface area contributed by atoms with Crippen molar-refractivity contribution in [2.45, 2.75) is 57.8 Å². The lowest BCUT2D eigenvalue weighted by Gasteiger charge is -2.25. The zero-order valence-electron chi connectivity index (χ0n) is 13.2. The van der Waals surface area contributed by atoms with Crippen LogP contribution in [-0.4, -0.2) is 31.9 Å². The molecule has 0 bridgehead atoms. The van der Waals surface area contributed by atoms with Crippen LogP contribution in [0.2, 0.25) is 5.02 Å². The molecule has 1 aromatic carbocycles. The third-order valence-corrected chi connectivity index (χ3v) is 4.29. The minimum Gasteiger partial charge on any atom is -0.496 e. The average molecular weight is 312 g/mol. The molecular formula is C17H26ClNO2. The lowest BCUT2D eigenvalue weighted by Crippen LogP contribution is -2.42. The Morgan fingerprint density at radius 2 is 2.24 bits per heavy atom. The van der Waals surface area contributed by atoms with Crippen LogP contribution in [0.15, 0.2) is 18.2 Å². The molecule has 1 N–H and O–H groups in total. The number of ether oxygens (including phenoxy) is 2. The van der Waals surface area contributed by atoms with Crippen molar-refractivity contribution in [1.82, 2.24) is 5.32 Å². The molecule has 21 heavy (non-hydrogen) atoms. The summed E-state index contributed by atoms with van der Waals surface area (Å²) in [6.07, 6.45) is 4.89. The van der Waals surface area contributed by atoms with Gasteiger partial charge in [0.05, 0.1) is 19.3 Å². The van der Waals surface area contributed by atoms with E-state index in [9.17, 15) is 0 Å². The van der Waals surface area contributed by atoms with Gasteiger partial charge in [-0.3, -0.25) is 0 Å². The molecule has 0 aliphatic carbocycles. The van der Waals surface area contributed by atoms with Crippen LogP contribution < -0.4 is 10.1 Å². The zero-order valence-corrected chi connectivity index (χ0v) is 14.0. The van der Waals surface area contributed by atoms with Crippen LogP contribution >= 0.6 is 11.6 Å². The van der Waals surface area contributed by atoms with Crippen LogP contribution in [-0.2, 0) is 11.2 Å². The SMILES string of the molecule is CCCNC(Cc1cc(Cl)ccc1OC)C1CCC(C)O1. The third kappa shape index (κ3) is 4.60. The van der Waals surface area contributed by atoms with E-state index in [-0.39, 0.29) is 6.10 Å². The van der Waals surface area contributed by atoms with Gasteiger partial charge >= 0.3 is 0 Å². The first-order chi connectivity index (χ1) is 10.1. The first kappa shape index (κ1) is 16.6. The van der Waals surface area contributed by atoms with E-state index in [1.165, 1.54) is 0 Å². The van der Waals surface area contributed by atoms with Crippen molar-refractivity contribution in [1.29, 1.82) is 0 Å². The van der Waals surface area contributed by atoms with Crippen molar-refractivity contribution in [3.8, 4) is 5.75 Å². The van der Waals surface area contributed by atoms with Crippen molar-refractivity contribution in [3.05, 3.63) is 28.8 Å². The second kappa shape index (κ2) is 8.02. The Balaban J connectivity index is 2.12. The van der Waals surface area contributed by atoms with Crippen molar-refractivity contribution in [2.24, 2.45) is 0 Å². The smallest absolute Gasteiger partial charge is 0.122 e.